The van der Waals surface area contributed by atoms with Crippen molar-refractivity contribution >= 4 is 64.5 Å². The third-order valence-corrected chi connectivity index (χ3v) is 7.73. The minimum Gasteiger partial charge on any atom is -0.494 e. The smallest absolute Gasteiger partial charge is 0.337 e. The van der Waals surface area contributed by atoms with E-state index in [-0.39, 0.29) is 22.2 Å². The lowest BCUT2D eigenvalue weighted by Crippen LogP contribution is -2.30. The van der Waals surface area contributed by atoms with Crippen molar-refractivity contribution in [3.63, 3.8) is 0 Å². The molecular weight excluding hydrogens is 614 g/mol. The topological polar surface area (TPSA) is 134 Å². The van der Waals surface area contributed by atoms with Gasteiger partial charge in [0.2, 0.25) is 5.91 Å². The number of carbonyl (C=O) groups excluding carboxylic acids is 3. The Morgan fingerprint density at radius 1 is 0.889 bits per heavy atom. The van der Waals surface area contributed by atoms with Crippen molar-refractivity contribution in [1.29, 1.82) is 0 Å². The maximum Gasteiger partial charge on any atom is 0.337 e. The molecule has 0 spiro atoms. The number of benzene rings is 4. The van der Waals surface area contributed by atoms with E-state index in [0.29, 0.717) is 34.9 Å². The highest BCUT2D eigenvalue weighted by Gasteiger charge is 2.18. The van der Waals surface area contributed by atoms with Gasteiger partial charge in [0.25, 0.3) is 11.8 Å². The van der Waals surface area contributed by atoms with Crippen molar-refractivity contribution in [1.82, 2.24) is 5.32 Å². The number of aromatic carboxylic acids is 1. The Morgan fingerprint density at radius 3 is 2.20 bits per heavy atom. The van der Waals surface area contributed by atoms with E-state index in [1.165, 1.54) is 30.0 Å². The molecule has 9 nitrogen and oxygen atoms in total. The Hall–Kier alpha value is -5.06. The summed E-state index contributed by atoms with van der Waals surface area (Å²) in [5.74, 6) is -1.78. The molecule has 4 aromatic carbocycles. The first-order valence-electron chi connectivity index (χ1n) is 13.9. The second-order valence-corrected chi connectivity index (χ2v) is 11.4. The van der Waals surface area contributed by atoms with Crippen LogP contribution >= 0.6 is 23.4 Å². The highest BCUT2D eigenvalue weighted by Crippen LogP contribution is 2.27. The number of anilines is 2. The van der Waals surface area contributed by atoms with Gasteiger partial charge in [-0.2, -0.15) is 0 Å². The second kappa shape index (κ2) is 15.6. The number of nitrogens with one attached hydrogen (secondary N) is 3. The van der Waals surface area contributed by atoms with Crippen molar-refractivity contribution in [2.45, 2.75) is 24.0 Å². The van der Waals surface area contributed by atoms with E-state index in [1.54, 1.807) is 91.9 Å². The molecule has 3 amide bonds. The van der Waals surface area contributed by atoms with Crippen LogP contribution in [-0.4, -0.2) is 40.7 Å². The van der Waals surface area contributed by atoms with Gasteiger partial charge in [0, 0.05) is 21.8 Å². The molecule has 0 aliphatic carbocycles. The average molecular weight is 644 g/mol. The summed E-state index contributed by atoms with van der Waals surface area (Å²) in [6.45, 7) is 4.13. The molecule has 11 heteroatoms. The maximum atomic E-state index is 13.3. The van der Waals surface area contributed by atoms with Gasteiger partial charge in [-0.3, -0.25) is 14.4 Å². The molecule has 0 saturated heterocycles. The summed E-state index contributed by atoms with van der Waals surface area (Å²) in [4.78, 5) is 51.1. The molecule has 0 fully saturated rings. The first-order valence-corrected chi connectivity index (χ1v) is 15.1. The number of carbonyl (C=O) groups is 4. The zero-order valence-electron chi connectivity index (χ0n) is 24.4. The number of carboxylic acid groups (broad SMARTS) is 1. The zero-order valence-corrected chi connectivity index (χ0v) is 25.9. The summed E-state index contributed by atoms with van der Waals surface area (Å²) in [6.07, 6.45) is 1.58. The van der Waals surface area contributed by atoms with Crippen LogP contribution in [0, 0.1) is 0 Å². The number of carboxylic acids is 1. The number of rotatable bonds is 12. The predicted molar refractivity (Wildman–Crippen MR) is 177 cm³/mol. The minimum absolute atomic E-state index is 0.0463. The Morgan fingerprint density at radius 2 is 1.56 bits per heavy atom. The second-order valence-electron chi connectivity index (χ2n) is 9.61. The lowest BCUT2D eigenvalue weighted by Gasteiger charge is -2.14. The van der Waals surface area contributed by atoms with Crippen molar-refractivity contribution < 1.29 is 29.0 Å². The number of thioether (sulfide) groups is 1. The van der Waals surface area contributed by atoms with E-state index < -0.39 is 23.0 Å². The molecule has 45 heavy (non-hydrogen) atoms. The molecular formula is C34H30ClN3O6S. The van der Waals surface area contributed by atoms with Crippen molar-refractivity contribution in [3.8, 4) is 5.75 Å². The van der Waals surface area contributed by atoms with Crippen molar-refractivity contribution in [2.75, 3.05) is 17.2 Å². The van der Waals surface area contributed by atoms with Gasteiger partial charge in [0.05, 0.1) is 22.4 Å². The molecule has 0 saturated carbocycles. The van der Waals surface area contributed by atoms with Gasteiger partial charge in [-0.15, -0.1) is 11.8 Å². The average Bonchev–Trinajstić information content (AvgIpc) is 3.03. The van der Waals surface area contributed by atoms with Crippen LogP contribution in [0.1, 0.15) is 40.1 Å². The van der Waals surface area contributed by atoms with Gasteiger partial charge >= 0.3 is 5.97 Å². The molecule has 4 rings (SSSR count). The van der Waals surface area contributed by atoms with Gasteiger partial charge in [-0.1, -0.05) is 41.9 Å². The van der Waals surface area contributed by atoms with E-state index in [1.807, 2.05) is 6.92 Å². The lowest BCUT2D eigenvalue weighted by atomic mass is 10.1. The molecule has 0 heterocycles. The first-order chi connectivity index (χ1) is 21.6. The van der Waals surface area contributed by atoms with Crippen LogP contribution in [-0.2, 0) is 9.59 Å². The van der Waals surface area contributed by atoms with Gasteiger partial charge in [-0.05, 0) is 92.2 Å². The molecule has 230 valence electrons. The van der Waals surface area contributed by atoms with Crippen LogP contribution in [0.5, 0.6) is 5.75 Å². The molecule has 0 radical (unpaired) electrons. The van der Waals surface area contributed by atoms with Crippen LogP contribution in [0.15, 0.2) is 108 Å². The Balaban J connectivity index is 1.43. The summed E-state index contributed by atoms with van der Waals surface area (Å²) >= 11 is 7.19. The fraction of sp³-hybridized carbons (Fsp3) is 0.118. The monoisotopic (exact) mass is 643 g/mol. The standard InChI is InChI=1S/C34H30ClN3O6S/c1-3-44-26-14-9-22(10-15-26)19-30(38-32(40)23-7-5-4-6-8-23)33(41)36-24-11-16-27(17-12-24)45-21(2)31(39)37-25-13-18-29(35)28(20-25)34(42)43/h4-21H,3H2,1-2H3,(H,36,41)(H,37,39)(H,38,40)(H,42,43)/b30-19-. The lowest BCUT2D eigenvalue weighted by molar-refractivity contribution is -0.115. The van der Waals surface area contributed by atoms with Gasteiger partial charge < -0.3 is 25.8 Å². The molecule has 0 bridgehead atoms. The summed E-state index contributed by atoms with van der Waals surface area (Å²) in [7, 11) is 0. The Labute approximate surface area is 269 Å². The number of halogens is 1. The molecule has 1 unspecified atom stereocenters. The van der Waals surface area contributed by atoms with E-state index in [4.69, 9.17) is 16.3 Å². The normalized spacial score (nSPS) is 11.7. The Bertz CT molecular complexity index is 1710. The molecule has 4 N–H and O–H groups in total. The summed E-state index contributed by atoms with van der Waals surface area (Å²) < 4.78 is 5.49. The number of amides is 3. The number of ether oxygens (including phenoxy) is 1. The largest absolute Gasteiger partial charge is 0.494 e. The minimum atomic E-state index is -1.19. The Kier molecular flexibility index (Phi) is 11.4. The third-order valence-electron chi connectivity index (χ3n) is 6.29. The first kappa shape index (κ1) is 32.8. The fourth-order valence-electron chi connectivity index (χ4n) is 4.02. The van der Waals surface area contributed by atoms with E-state index in [2.05, 4.69) is 16.0 Å². The van der Waals surface area contributed by atoms with Crippen LogP contribution in [0.25, 0.3) is 6.08 Å². The van der Waals surface area contributed by atoms with Crippen LogP contribution in [0.2, 0.25) is 5.02 Å². The molecule has 0 aliphatic rings. The quantitative estimate of drug-likeness (QED) is 0.0968. The van der Waals surface area contributed by atoms with E-state index in [0.717, 1.165) is 4.90 Å². The highest BCUT2D eigenvalue weighted by atomic mass is 35.5. The van der Waals surface area contributed by atoms with Crippen LogP contribution < -0.4 is 20.7 Å². The molecule has 1 atom stereocenters. The van der Waals surface area contributed by atoms with Gasteiger partial charge in [-0.25, -0.2) is 4.79 Å². The van der Waals surface area contributed by atoms with E-state index >= 15 is 0 Å². The summed E-state index contributed by atoms with van der Waals surface area (Å²) in [5, 5.41) is 17.0. The van der Waals surface area contributed by atoms with Gasteiger partial charge in [0.1, 0.15) is 11.4 Å². The summed E-state index contributed by atoms with van der Waals surface area (Å²) in [6, 6.07) is 26.9. The van der Waals surface area contributed by atoms with Crippen molar-refractivity contribution in [3.05, 3.63) is 124 Å². The van der Waals surface area contributed by atoms with Gasteiger partial charge in [0.15, 0.2) is 0 Å². The summed E-state index contributed by atoms with van der Waals surface area (Å²) in [5.41, 5.74) is 1.83. The van der Waals surface area contributed by atoms with Crippen LogP contribution in [0.4, 0.5) is 11.4 Å². The highest BCUT2D eigenvalue weighted by molar-refractivity contribution is 8.00. The third kappa shape index (κ3) is 9.46. The maximum absolute atomic E-state index is 13.3. The number of hydrogen-bond donors (Lipinski definition) is 4. The zero-order chi connectivity index (χ0) is 32.3. The fourth-order valence-corrected chi connectivity index (χ4v) is 5.09. The van der Waals surface area contributed by atoms with Crippen molar-refractivity contribution in [2.24, 2.45) is 0 Å². The predicted octanol–water partition coefficient (Wildman–Crippen LogP) is 6.97. The SMILES string of the molecule is CCOc1ccc(/C=C(\NC(=O)c2ccccc2)C(=O)Nc2ccc(SC(C)C(=O)Nc3ccc(Cl)c(C(=O)O)c3)cc2)cc1. The van der Waals surface area contributed by atoms with E-state index in [9.17, 15) is 24.3 Å². The molecule has 0 aliphatic heterocycles. The molecule has 4 aromatic rings. The number of hydrogen-bond acceptors (Lipinski definition) is 6. The molecule has 0 aromatic heterocycles. The van der Waals surface area contributed by atoms with Crippen LogP contribution in [0.3, 0.4) is 0 Å².